The minimum absolute atomic E-state index is 0.0152. The molecular formula is C15H18F3N7. The average Bonchev–Trinajstić information content (AvgIpc) is 2.54. The SMILES string of the molecule is Nc1nc(Nc2cccc(C(F)(F)F)c2)nc(N2CCCC(N)C2)n1. The Morgan fingerprint density at radius 3 is 2.72 bits per heavy atom. The van der Waals surface area contributed by atoms with Crippen LogP contribution < -0.4 is 21.7 Å². The lowest BCUT2D eigenvalue weighted by atomic mass is 10.1. The average molecular weight is 353 g/mol. The number of nitrogens with zero attached hydrogens (tertiary/aromatic N) is 4. The fourth-order valence-electron chi connectivity index (χ4n) is 2.67. The van der Waals surface area contributed by atoms with Crippen LogP contribution in [-0.2, 0) is 6.18 Å². The molecule has 2 aromatic rings. The molecule has 1 unspecified atom stereocenters. The van der Waals surface area contributed by atoms with Gasteiger partial charge in [0.25, 0.3) is 0 Å². The molecule has 5 N–H and O–H groups in total. The minimum atomic E-state index is -4.43. The van der Waals surface area contributed by atoms with Crippen LogP contribution in [-0.4, -0.2) is 34.1 Å². The zero-order valence-corrected chi connectivity index (χ0v) is 13.3. The van der Waals surface area contributed by atoms with E-state index in [2.05, 4.69) is 20.3 Å². The van der Waals surface area contributed by atoms with E-state index >= 15 is 0 Å². The summed E-state index contributed by atoms with van der Waals surface area (Å²) in [6.45, 7) is 1.33. The van der Waals surface area contributed by atoms with Crippen LogP contribution in [0.4, 0.5) is 36.7 Å². The molecule has 0 amide bonds. The van der Waals surface area contributed by atoms with Gasteiger partial charge >= 0.3 is 6.18 Å². The molecular weight excluding hydrogens is 335 g/mol. The Bertz CT molecular complexity index is 750. The molecule has 10 heteroatoms. The summed E-state index contributed by atoms with van der Waals surface area (Å²) in [5.41, 5.74) is 11.1. The third-order valence-electron chi connectivity index (χ3n) is 3.83. The third kappa shape index (κ3) is 4.27. The number of piperidine rings is 1. The highest BCUT2D eigenvalue weighted by molar-refractivity contribution is 5.56. The molecule has 25 heavy (non-hydrogen) atoms. The monoisotopic (exact) mass is 353 g/mol. The van der Waals surface area contributed by atoms with Gasteiger partial charge in [-0.05, 0) is 31.0 Å². The molecule has 0 aliphatic carbocycles. The van der Waals surface area contributed by atoms with Gasteiger partial charge in [0, 0.05) is 24.8 Å². The van der Waals surface area contributed by atoms with E-state index < -0.39 is 11.7 Å². The molecule has 1 saturated heterocycles. The lowest BCUT2D eigenvalue weighted by Gasteiger charge is -2.30. The number of alkyl halides is 3. The zero-order chi connectivity index (χ0) is 18.0. The Labute approximate surface area is 142 Å². The Balaban J connectivity index is 1.83. The number of benzene rings is 1. The molecule has 2 heterocycles. The zero-order valence-electron chi connectivity index (χ0n) is 13.3. The number of anilines is 4. The van der Waals surface area contributed by atoms with Gasteiger partial charge in [0.2, 0.25) is 17.8 Å². The molecule has 0 spiro atoms. The maximum absolute atomic E-state index is 12.8. The number of hydrogen-bond acceptors (Lipinski definition) is 7. The molecule has 1 aromatic carbocycles. The van der Waals surface area contributed by atoms with Gasteiger partial charge in [-0.3, -0.25) is 0 Å². The van der Waals surface area contributed by atoms with Crippen molar-refractivity contribution in [2.75, 3.05) is 29.0 Å². The van der Waals surface area contributed by atoms with Gasteiger partial charge in [-0.25, -0.2) is 0 Å². The van der Waals surface area contributed by atoms with Crippen molar-refractivity contribution in [3.63, 3.8) is 0 Å². The molecule has 7 nitrogen and oxygen atoms in total. The van der Waals surface area contributed by atoms with Gasteiger partial charge in [0.05, 0.1) is 5.56 Å². The fourth-order valence-corrected chi connectivity index (χ4v) is 2.67. The van der Waals surface area contributed by atoms with Crippen LogP contribution in [0.25, 0.3) is 0 Å². The second-order valence-corrected chi connectivity index (χ2v) is 5.87. The number of rotatable bonds is 3. The molecule has 0 bridgehead atoms. The van der Waals surface area contributed by atoms with Crippen molar-refractivity contribution < 1.29 is 13.2 Å². The number of nitrogen functional groups attached to an aromatic ring is 1. The van der Waals surface area contributed by atoms with E-state index in [1.165, 1.54) is 12.1 Å². The van der Waals surface area contributed by atoms with Crippen molar-refractivity contribution in [1.82, 2.24) is 15.0 Å². The quantitative estimate of drug-likeness (QED) is 0.776. The molecule has 134 valence electrons. The van der Waals surface area contributed by atoms with Gasteiger partial charge in [-0.2, -0.15) is 28.1 Å². The first-order valence-electron chi connectivity index (χ1n) is 7.77. The molecule has 1 aliphatic rings. The van der Waals surface area contributed by atoms with E-state index in [9.17, 15) is 13.2 Å². The van der Waals surface area contributed by atoms with Gasteiger partial charge in [0.15, 0.2) is 0 Å². The van der Waals surface area contributed by atoms with E-state index in [-0.39, 0.29) is 23.6 Å². The van der Waals surface area contributed by atoms with Crippen molar-refractivity contribution in [2.45, 2.75) is 25.1 Å². The fraction of sp³-hybridized carbons (Fsp3) is 0.400. The molecule has 1 aromatic heterocycles. The van der Waals surface area contributed by atoms with Crippen molar-refractivity contribution in [3.05, 3.63) is 29.8 Å². The predicted octanol–water partition coefficient (Wildman–Crippen LogP) is 2.14. The van der Waals surface area contributed by atoms with E-state index in [1.54, 1.807) is 0 Å². The van der Waals surface area contributed by atoms with Crippen molar-refractivity contribution >= 4 is 23.5 Å². The third-order valence-corrected chi connectivity index (χ3v) is 3.83. The summed E-state index contributed by atoms with van der Waals surface area (Å²) in [6.07, 6.45) is -2.60. The minimum Gasteiger partial charge on any atom is -0.368 e. The second kappa shape index (κ2) is 6.71. The van der Waals surface area contributed by atoms with Gasteiger partial charge in [-0.15, -0.1) is 0 Å². The molecule has 1 fully saturated rings. The Morgan fingerprint density at radius 2 is 2.00 bits per heavy atom. The maximum atomic E-state index is 12.8. The highest BCUT2D eigenvalue weighted by Gasteiger charge is 2.30. The summed E-state index contributed by atoms with van der Waals surface area (Å²) in [6, 6.07) is 4.79. The first kappa shape index (κ1) is 17.2. The van der Waals surface area contributed by atoms with Crippen molar-refractivity contribution in [3.8, 4) is 0 Å². The summed E-state index contributed by atoms with van der Waals surface area (Å²) < 4.78 is 38.4. The Kier molecular flexibility index (Phi) is 4.62. The van der Waals surface area contributed by atoms with Gasteiger partial charge in [0.1, 0.15) is 0 Å². The normalized spacial score (nSPS) is 18.2. The number of aromatic nitrogens is 3. The number of nitrogens with one attached hydrogen (secondary N) is 1. The van der Waals surface area contributed by atoms with Crippen LogP contribution in [0.15, 0.2) is 24.3 Å². The topological polar surface area (TPSA) is 106 Å². The highest BCUT2D eigenvalue weighted by atomic mass is 19.4. The molecule has 3 rings (SSSR count). The summed E-state index contributed by atoms with van der Waals surface area (Å²) >= 11 is 0. The number of hydrogen-bond donors (Lipinski definition) is 3. The van der Waals surface area contributed by atoms with Gasteiger partial charge < -0.3 is 21.7 Å². The molecule has 1 aliphatic heterocycles. The van der Waals surface area contributed by atoms with Gasteiger partial charge in [-0.1, -0.05) is 6.07 Å². The van der Waals surface area contributed by atoms with Crippen LogP contribution in [0.3, 0.4) is 0 Å². The number of halogens is 3. The van der Waals surface area contributed by atoms with E-state index in [0.29, 0.717) is 12.5 Å². The summed E-state index contributed by atoms with van der Waals surface area (Å²) in [5, 5.41) is 2.75. The largest absolute Gasteiger partial charge is 0.416 e. The summed E-state index contributed by atoms with van der Waals surface area (Å²) in [5.74, 6) is 0.428. The van der Waals surface area contributed by atoms with Crippen LogP contribution in [0.1, 0.15) is 18.4 Å². The molecule has 1 atom stereocenters. The summed E-state index contributed by atoms with van der Waals surface area (Å²) in [7, 11) is 0. The predicted molar refractivity (Wildman–Crippen MR) is 88.4 cm³/mol. The van der Waals surface area contributed by atoms with Crippen LogP contribution in [0, 0.1) is 0 Å². The van der Waals surface area contributed by atoms with Crippen LogP contribution in [0.5, 0.6) is 0 Å². The first-order chi connectivity index (χ1) is 11.8. The maximum Gasteiger partial charge on any atom is 0.416 e. The van der Waals surface area contributed by atoms with E-state index in [0.717, 1.165) is 31.5 Å². The smallest absolute Gasteiger partial charge is 0.368 e. The van der Waals surface area contributed by atoms with E-state index in [4.69, 9.17) is 11.5 Å². The lowest BCUT2D eigenvalue weighted by Crippen LogP contribution is -2.43. The molecule has 0 radical (unpaired) electrons. The lowest BCUT2D eigenvalue weighted by molar-refractivity contribution is -0.137. The molecule has 0 saturated carbocycles. The van der Waals surface area contributed by atoms with Crippen molar-refractivity contribution in [1.29, 1.82) is 0 Å². The number of nitrogens with two attached hydrogens (primary N) is 2. The Hall–Kier alpha value is -2.62. The first-order valence-corrected chi connectivity index (χ1v) is 7.77. The standard InChI is InChI=1S/C15H18F3N7/c16-15(17,18)9-3-1-5-11(7-9)21-13-22-12(20)23-14(24-13)25-6-2-4-10(19)8-25/h1,3,5,7,10H,2,4,6,8,19H2,(H3,20,21,22,23,24). The Morgan fingerprint density at radius 1 is 1.20 bits per heavy atom. The second-order valence-electron chi connectivity index (χ2n) is 5.87. The van der Waals surface area contributed by atoms with Crippen LogP contribution >= 0.6 is 0 Å². The van der Waals surface area contributed by atoms with Crippen LogP contribution in [0.2, 0.25) is 0 Å². The summed E-state index contributed by atoms with van der Waals surface area (Å²) in [4.78, 5) is 14.2. The van der Waals surface area contributed by atoms with E-state index in [1.807, 2.05) is 4.90 Å². The van der Waals surface area contributed by atoms with Crippen molar-refractivity contribution in [2.24, 2.45) is 5.73 Å². The highest BCUT2D eigenvalue weighted by Crippen LogP contribution is 2.31.